The molecule has 2 heterocycles. The standard InChI is InChI=1S/C15H17NO2/c1-2-14-11(7-8-18-14)15(17)12-9-16-13-6-4-3-5-10(12)13/h3-6,9,11,14,16H,2,7-8H2,1H3. The molecule has 1 aliphatic heterocycles. The molecule has 2 aromatic rings. The number of ketones is 1. The average Bonchev–Trinajstić information content (AvgIpc) is 3.04. The van der Waals surface area contributed by atoms with Crippen molar-refractivity contribution in [1.29, 1.82) is 0 Å². The lowest BCUT2D eigenvalue weighted by atomic mass is 9.90. The summed E-state index contributed by atoms with van der Waals surface area (Å²) in [4.78, 5) is 15.8. The molecule has 1 aliphatic rings. The quantitative estimate of drug-likeness (QED) is 0.841. The third-order valence-corrected chi connectivity index (χ3v) is 3.80. The molecule has 0 amide bonds. The van der Waals surface area contributed by atoms with Crippen LogP contribution in [0.3, 0.4) is 0 Å². The molecule has 0 aliphatic carbocycles. The number of hydrogen-bond acceptors (Lipinski definition) is 2. The SMILES string of the molecule is CCC1OCCC1C(=O)c1c[nH]c2ccccc12. The predicted octanol–water partition coefficient (Wildman–Crippen LogP) is 3.17. The van der Waals surface area contributed by atoms with Crippen LogP contribution in [0.15, 0.2) is 30.5 Å². The third kappa shape index (κ3) is 1.75. The van der Waals surface area contributed by atoms with Gasteiger partial charge in [-0.1, -0.05) is 25.1 Å². The van der Waals surface area contributed by atoms with Crippen LogP contribution in [0.2, 0.25) is 0 Å². The van der Waals surface area contributed by atoms with E-state index in [0.717, 1.165) is 29.3 Å². The molecule has 0 radical (unpaired) electrons. The Balaban J connectivity index is 1.97. The summed E-state index contributed by atoms with van der Waals surface area (Å²) >= 11 is 0. The Morgan fingerprint density at radius 1 is 1.44 bits per heavy atom. The van der Waals surface area contributed by atoms with Crippen LogP contribution in [0.4, 0.5) is 0 Å². The van der Waals surface area contributed by atoms with Gasteiger partial charge >= 0.3 is 0 Å². The van der Waals surface area contributed by atoms with Crippen molar-refractivity contribution in [2.24, 2.45) is 5.92 Å². The number of carbonyl (C=O) groups excluding carboxylic acids is 1. The summed E-state index contributed by atoms with van der Waals surface area (Å²) in [5.41, 5.74) is 1.83. The van der Waals surface area contributed by atoms with Crippen molar-refractivity contribution in [3.63, 3.8) is 0 Å². The Morgan fingerprint density at radius 2 is 2.28 bits per heavy atom. The Hall–Kier alpha value is -1.61. The topological polar surface area (TPSA) is 42.1 Å². The van der Waals surface area contributed by atoms with Crippen LogP contribution in [0.5, 0.6) is 0 Å². The van der Waals surface area contributed by atoms with Crippen LogP contribution in [0.25, 0.3) is 10.9 Å². The molecule has 94 valence electrons. The van der Waals surface area contributed by atoms with Gasteiger partial charge in [0.05, 0.1) is 12.0 Å². The van der Waals surface area contributed by atoms with Crippen LogP contribution < -0.4 is 0 Å². The molecule has 3 nitrogen and oxygen atoms in total. The molecular weight excluding hydrogens is 226 g/mol. The molecule has 2 unspecified atom stereocenters. The van der Waals surface area contributed by atoms with E-state index >= 15 is 0 Å². The van der Waals surface area contributed by atoms with Crippen molar-refractivity contribution in [2.75, 3.05) is 6.61 Å². The van der Waals surface area contributed by atoms with E-state index in [0.29, 0.717) is 6.61 Å². The molecular formula is C15H17NO2. The number of aromatic nitrogens is 1. The van der Waals surface area contributed by atoms with Crippen molar-refractivity contribution < 1.29 is 9.53 Å². The number of ether oxygens (including phenoxy) is 1. The van der Waals surface area contributed by atoms with E-state index in [2.05, 4.69) is 11.9 Å². The molecule has 0 saturated carbocycles. The number of carbonyl (C=O) groups is 1. The molecule has 2 atom stereocenters. The second-order valence-electron chi connectivity index (χ2n) is 4.82. The van der Waals surface area contributed by atoms with Crippen LogP contribution in [-0.4, -0.2) is 23.5 Å². The van der Waals surface area contributed by atoms with Gasteiger partial charge in [-0.15, -0.1) is 0 Å². The maximum Gasteiger partial charge on any atom is 0.170 e. The highest BCUT2D eigenvalue weighted by molar-refractivity contribution is 6.09. The second-order valence-corrected chi connectivity index (χ2v) is 4.82. The summed E-state index contributed by atoms with van der Waals surface area (Å²) < 4.78 is 5.61. The first kappa shape index (κ1) is 11.5. The minimum absolute atomic E-state index is 0.0224. The summed E-state index contributed by atoms with van der Waals surface area (Å²) in [5.74, 6) is 0.242. The second kappa shape index (κ2) is 4.58. The molecule has 1 saturated heterocycles. The van der Waals surface area contributed by atoms with Gasteiger partial charge in [0, 0.05) is 29.3 Å². The van der Waals surface area contributed by atoms with Gasteiger partial charge in [0.25, 0.3) is 0 Å². The summed E-state index contributed by atoms with van der Waals surface area (Å²) in [7, 11) is 0. The fourth-order valence-corrected chi connectivity index (χ4v) is 2.83. The van der Waals surface area contributed by atoms with Crippen molar-refractivity contribution in [1.82, 2.24) is 4.98 Å². The van der Waals surface area contributed by atoms with Crippen LogP contribution >= 0.6 is 0 Å². The highest BCUT2D eigenvalue weighted by atomic mass is 16.5. The normalized spacial score (nSPS) is 23.6. The van der Waals surface area contributed by atoms with Gasteiger partial charge in [-0.25, -0.2) is 0 Å². The molecule has 1 aromatic carbocycles. The Labute approximate surface area is 106 Å². The van der Waals surface area contributed by atoms with Crippen molar-refractivity contribution in [3.8, 4) is 0 Å². The molecule has 1 aromatic heterocycles. The third-order valence-electron chi connectivity index (χ3n) is 3.80. The van der Waals surface area contributed by atoms with Gasteiger partial charge in [0.1, 0.15) is 0 Å². The first-order valence-electron chi connectivity index (χ1n) is 6.53. The van der Waals surface area contributed by atoms with E-state index in [1.807, 2.05) is 30.5 Å². The van der Waals surface area contributed by atoms with Crippen molar-refractivity contribution in [3.05, 3.63) is 36.0 Å². The number of rotatable bonds is 3. The van der Waals surface area contributed by atoms with Gasteiger partial charge in [-0.05, 0) is 18.9 Å². The lowest BCUT2D eigenvalue weighted by Crippen LogP contribution is -2.23. The zero-order chi connectivity index (χ0) is 12.5. The number of hydrogen-bond donors (Lipinski definition) is 1. The number of nitrogens with one attached hydrogen (secondary N) is 1. The molecule has 0 bridgehead atoms. The predicted molar refractivity (Wildman–Crippen MR) is 70.8 cm³/mol. The number of para-hydroxylation sites is 1. The van der Waals surface area contributed by atoms with E-state index in [4.69, 9.17) is 4.74 Å². The van der Waals surface area contributed by atoms with Crippen LogP contribution in [-0.2, 0) is 4.74 Å². The van der Waals surface area contributed by atoms with E-state index in [1.54, 1.807) is 0 Å². The smallest absolute Gasteiger partial charge is 0.170 e. The monoisotopic (exact) mass is 243 g/mol. The van der Waals surface area contributed by atoms with Gasteiger partial charge < -0.3 is 9.72 Å². The average molecular weight is 243 g/mol. The van der Waals surface area contributed by atoms with Gasteiger partial charge in [0.2, 0.25) is 0 Å². The number of fused-ring (bicyclic) bond motifs is 1. The first-order valence-corrected chi connectivity index (χ1v) is 6.53. The Morgan fingerprint density at radius 3 is 3.11 bits per heavy atom. The lowest BCUT2D eigenvalue weighted by Gasteiger charge is -2.14. The maximum atomic E-state index is 12.6. The molecule has 0 spiro atoms. The van der Waals surface area contributed by atoms with Crippen molar-refractivity contribution in [2.45, 2.75) is 25.9 Å². The largest absolute Gasteiger partial charge is 0.377 e. The number of benzene rings is 1. The van der Waals surface area contributed by atoms with E-state index in [1.165, 1.54) is 0 Å². The Kier molecular flexibility index (Phi) is 2.92. The zero-order valence-corrected chi connectivity index (χ0v) is 10.5. The summed E-state index contributed by atoms with van der Waals surface area (Å²) in [6, 6.07) is 7.93. The fourth-order valence-electron chi connectivity index (χ4n) is 2.83. The summed E-state index contributed by atoms with van der Waals surface area (Å²) in [6.07, 6.45) is 3.67. The minimum atomic E-state index is 0.0224. The van der Waals surface area contributed by atoms with Crippen LogP contribution in [0.1, 0.15) is 30.1 Å². The maximum absolute atomic E-state index is 12.6. The summed E-state index contributed by atoms with van der Waals surface area (Å²) in [5, 5.41) is 1.02. The molecule has 1 N–H and O–H groups in total. The first-order chi connectivity index (χ1) is 8.81. The van der Waals surface area contributed by atoms with E-state index < -0.39 is 0 Å². The molecule has 3 heteroatoms. The highest BCUT2D eigenvalue weighted by Gasteiger charge is 2.34. The molecule has 1 fully saturated rings. The van der Waals surface area contributed by atoms with Crippen LogP contribution in [0, 0.1) is 5.92 Å². The molecule has 3 rings (SSSR count). The number of H-pyrrole nitrogens is 1. The van der Waals surface area contributed by atoms with Crippen molar-refractivity contribution >= 4 is 16.7 Å². The van der Waals surface area contributed by atoms with E-state index in [-0.39, 0.29) is 17.8 Å². The Bertz CT molecular complexity index is 573. The fraction of sp³-hybridized carbons (Fsp3) is 0.400. The minimum Gasteiger partial charge on any atom is -0.377 e. The summed E-state index contributed by atoms with van der Waals surface area (Å²) in [6.45, 7) is 2.78. The highest BCUT2D eigenvalue weighted by Crippen LogP contribution is 2.29. The number of Topliss-reactive ketones (excluding diaryl/α,β-unsaturated/α-hetero) is 1. The lowest BCUT2D eigenvalue weighted by molar-refractivity contribution is 0.0690. The van der Waals surface area contributed by atoms with Gasteiger partial charge in [0.15, 0.2) is 5.78 Å². The zero-order valence-electron chi connectivity index (χ0n) is 10.5. The van der Waals surface area contributed by atoms with E-state index in [9.17, 15) is 4.79 Å². The molecule has 18 heavy (non-hydrogen) atoms. The van der Waals surface area contributed by atoms with Gasteiger partial charge in [-0.3, -0.25) is 4.79 Å². The number of aromatic amines is 1. The van der Waals surface area contributed by atoms with Gasteiger partial charge in [-0.2, -0.15) is 0 Å².